The Kier molecular flexibility index (Phi) is 4.22. The van der Waals surface area contributed by atoms with E-state index in [1.54, 1.807) is 12.3 Å². The summed E-state index contributed by atoms with van der Waals surface area (Å²) in [5.74, 6) is -2.02. The molecule has 8 heteroatoms. The minimum absolute atomic E-state index is 0.127. The predicted octanol–water partition coefficient (Wildman–Crippen LogP) is 4.20. The minimum atomic E-state index is -0.829. The molecule has 3 fully saturated rings. The number of rotatable bonds is 4. The monoisotopic (exact) mass is 398 g/mol. The molecule has 2 atom stereocenters. The number of halogens is 2. The summed E-state index contributed by atoms with van der Waals surface area (Å²) < 4.78 is 28.2. The van der Waals surface area contributed by atoms with Crippen molar-refractivity contribution in [3.05, 3.63) is 42.4 Å². The van der Waals surface area contributed by atoms with Crippen LogP contribution in [0.25, 0.3) is 22.3 Å². The fourth-order valence-electron chi connectivity index (χ4n) is 5.08. The number of aromatic nitrogens is 3. The molecule has 0 spiro atoms. The molecule has 3 aromatic rings. The topological polar surface area (TPSA) is 90.9 Å². The standard InChI is InChI=1S/C21H20F2N4O2/c22-12-5-13-14(8-26-20(13)25-7-12)16-6-17(15(23)9-24-16)27-19-11-3-1-10(2-4-11)18(19)21(28)29/h5-11,18-19H,1-4H2,(H,24,27)(H,25,26)(H,28,29)/t10?,11?,18-,19-/m1/s1. The second-order valence-electron chi connectivity index (χ2n) is 8.01. The van der Waals surface area contributed by atoms with Gasteiger partial charge >= 0.3 is 5.97 Å². The van der Waals surface area contributed by atoms with Gasteiger partial charge in [0.1, 0.15) is 11.5 Å². The van der Waals surface area contributed by atoms with Gasteiger partial charge < -0.3 is 15.4 Å². The van der Waals surface area contributed by atoms with E-state index in [9.17, 15) is 18.7 Å². The predicted molar refractivity (Wildman–Crippen MR) is 103 cm³/mol. The normalized spacial score (nSPS) is 26.0. The van der Waals surface area contributed by atoms with Crippen molar-refractivity contribution in [2.24, 2.45) is 17.8 Å². The molecule has 0 aliphatic heterocycles. The Morgan fingerprint density at radius 1 is 1.10 bits per heavy atom. The van der Waals surface area contributed by atoms with E-state index < -0.39 is 23.5 Å². The number of aliphatic carboxylic acids is 1. The van der Waals surface area contributed by atoms with Gasteiger partial charge in [-0.1, -0.05) is 0 Å². The van der Waals surface area contributed by atoms with Gasteiger partial charge in [-0.3, -0.25) is 9.78 Å². The second kappa shape index (κ2) is 6.79. The van der Waals surface area contributed by atoms with Gasteiger partial charge in [0, 0.05) is 23.2 Å². The van der Waals surface area contributed by atoms with E-state index in [-0.39, 0.29) is 23.6 Å². The number of H-pyrrole nitrogens is 1. The van der Waals surface area contributed by atoms with Gasteiger partial charge in [-0.05, 0) is 49.7 Å². The molecule has 3 N–H and O–H groups in total. The maximum Gasteiger partial charge on any atom is 0.308 e. The first-order chi connectivity index (χ1) is 14.0. The summed E-state index contributed by atoms with van der Waals surface area (Å²) in [6.07, 6.45) is 7.63. The van der Waals surface area contributed by atoms with Crippen LogP contribution >= 0.6 is 0 Å². The molecular formula is C21H20F2N4O2. The maximum atomic E-state index is 14.6. The highest BCUT2D eigenvalue weighted by Crippen LogP contribution is 2.46. The first kappa shape index (κ1) is 18.0. The SMILES string of the molecule is O=C(O)[C@@H]1C2CCC(CC2)[C@H]1Nc1cc(-c2c[nH]c3ncc(F)cc23)ncc1F. The number of nitrogens with zero attached hydrogens (tertiary/aromatic N) is 2. The van der Waals surface area contributed by atoms with Crippen molar-refractivity contribution in [1.82, 2.24) is 15.0 Å². The van der Waals surface area contributed by atoms with Crippen molar-refractivity contribution in [3.63, 3.8) is 0 Å². The summed E-state index contributed by atoms with van der Waals surface area (Å²) in [7, 11) is 0. The van der Waals surface area contributed by atoms with Crippen molar-refractivity contribution in [3.8, 4) is 11.3 Å². The van der Waals surface area contributed by atoms with Crippen LogP contribution in [-0.2, 0) is 4.79 Å². The molecule has 6 rings (SSSR count). The van der Waals surface area contributed by atoms with Crippen LogP contribution in [0.4, 0.5) is 14.5 Å². The highest BCUT2D eigenvalue weighted by atomic mass is 19.1. The second-order valence-corrected chi connectivity index (χ2v) is 8.01. The molecule has 0 saturated heterocycles. The van der Waals surface area contributed by atoms with Crippen LogP contribution < -0.4 is 5.32 Å². The summed E-state index contributed by atoms with van der Waals surface area (Å²) in [6, 6.07) is 2.60. The third-order valence-electron chi connectivity index (χ3n) is 6.46. The number of nitrogens with one attached hydrogen (secondary N) is 2. The number of carbonyl (C=O) groups is 1. The number of carboxylic acid groups (broad SMARTS) is 1. The van der Waals surface area contributed by atoms with Crippen LogP contribution in [0.15, 0.2) is 30.7 Å². The number of fused-ring (bicyclic) bond motifs is 4. The lowest BCUT2D eigenvalue weighted by molar-refractivity contribution is -0.148. The smallest absolute Gasteiger partial charge is 0.308 e. The molecule has 6 nitrogen and oxygen atoms in total. The molecule has 0 aromatic carbocycles. The number of carboxylic acids is 1. The van der Waals surface area contributed by atoms with Crippen molar-refractivity contribution in [1.29, 1.82) is 0 Å². The van der Waals surface area contributed by atoms with E-state index in [0.29, 0.717) is 22.3 Å². The van der Waals surface area contributed by atoms with Crippen LogP contribution in [0.1, 0.15) is 25.7 Å². The van der Waals surface area contributed by atoms with E-state index in [1.807, 2.05) is 0 Å². The molecule has 0 unspecified atom stereocenters. The molecule has 3 aliphatic rings. The van der Waals surface area contributed by atoms with Crippen LogP contribution in [0.2, 0.25) is 0 Å². The number of pyridine rings is 2. The van der Waals surface area contributed by atoms with Gasteiger partial charge in [0.05, 0.1) is 29.7 Å². The molecule has 0 amide bonds. The highest BCUT2D eigenvalue weighted by molar-refractivity contribution is 5.92. The summed E-state index contributed by atoms with van der Waals surface area (Å²) >= 11 is 0. The lowest BCUT2D eigenvalue weighted by Gasteiger charge is -2.47. The quantitative estimate of drug-likeness (QED) is 0.613. The Labute approximate surface area is 165 Å². The molecular weight excluding hydrogens is 378 g/mol. The van der Waals surface area contributed by atoms with Crippen LogP contribution in [0.3, 0.4) is 0 Å². The van der Waals surface area contributed by atoms with Crippen LogP contribution in [-0.4, -0.2) is 32.1 Å². The van der Waals surface area contributed by atoms with Gasteiger partial charge in [0.15, 0.2) is 5.82 Å². The zero-order valence-corrected chi connectivity index (χ0v) is 15.5. The summed E-state index contributed by atoms with van der Waals surface area (Å²) in [5, 5.41) is 13.5. The fourth-order valence-corrected chi connectivity index (χ4v) is 5.08. The third kappa shape index (κ3) is 3.03. The Morgan fingerprint density at radius 2 is 1.86 bits per heavy atom. The molecule has 3 aliphatic carbocycles. The minimum Gasteiger partial charge on any atom is -0.481 e. The Morgan fingerprint density at radius 3 is 2.62 bits per heavy atom. The molecule has 0 radical (unpaired) electrons. The average Bonchev–Trinajstić information content (AvgIpc) is 3.13. The zero-order valence-electron chi connectivity index (χ0n) is 15.5. The summed E-state index contributed by atoms with van der Waals surface area (Å²) in [5.41, 5.74) is 1.80. The molecule has 29 heavy (non-hydrogen) atoms. The Hall–Kier alpha value is -3.03. The van der Waals surface area contributed by atoms with E-state index >= 15 is 0 Å². The fraction of sp³-hybridized carbons (Fsp3) is 0.381. The summed E-state index contributed by atoms with van der Waals surface area (Å²) in [6.45, 7) is 0. The van der Waals surface area contributed by atoms with E-state index in [0.717, 1.165) is 38.1 Å². The number of anilines is 1. The zero-order chi connectivity index (χ0) is 20.1. The maximum absolute atomic E-state index is 14.6. The van der Waals surface area contributed by atoms with E-state index in [1.165, 1.54) is 6.07 Å². The first-order valence-electron chi connectivity index (χ1n) is 9.79. The average molecular weight is 398 g/mol. The highest BCUT2D eigenvalue weighted by Gasteiger charge is 2.47. The molecule has 3 heterocycles. The number of hydrogen-bond acceptors (Lipinski definition) is 4. The van der Waals surface area contributed by atoms with Gasteiger partial charge in [0.2, 0.25) is 0 Å². The summed E-state index contributed by atoms with van der Waals surface area (Å²) in [4.78, 5) is 23.0. The van der Waals surface area contributed by atoms with Gasteiger partial charge in [-0.25, -0.2) is 13.8 Å². The number of hydrogen-bond donors (Lipinski definition) is 3. The van der Waals surface area contributed by atoms with E-state index in [4.69, 9.17) is 0 Å². The van der Waals surface area contributed by atoms with Gasteiger partial charge in [-0.2, -0.15) is 0 Å². The largest absolute Gasteiger partial charge is 0.481 e. The number of aromatic amines is 1. The van der Waals surface area contributed by atoms with Crippen molar-refractivity contribution in [2.75, 3.05) is 5.32 Å². The van der Waals surface area contributed by atoms with Crippen molar-refractivity contribution < 1.29 is 18.7 Å². The van der Waals surface area contributed by atoms with Crippen LogP contribution in [0, 0.1) is 29.4 Å². The van der Waals surface area contributed by atoms with E-state index in [2.05, 4.69) is 20.3 Å². The van der Waals surface area contributed by atoms with Crippen molar-refractivity contribution in [2.45, 2.75) is 31.7 Å². The molecule has 2 bridgehead atoms. The Balaban J connectivity index is 1.51. The first-order valence-corrected chi connectivity index (χ1v) is 9.79. The van der Waals surface area contributed by atoms with Crippen LogP contribution in [0.5, 0.6) is 0 Å². The molecule has 3 aromatic heterocycles. The van der Waals surface area contributed by atoms with Gasteiger partial charge in [-0.15, -0.1) is 0 Å². The molecule has 150 valence electrons. The molecule has 3 saturated carbocycles. The lowest BCUT2D eigenvalue weighted by atomic mass is 9.61. The van der Waals surface area contributed by atoms with Crippen molar-refractivity contribution >= 4 is 22.7 Å². The Bertz CT molecular complexity index is 1090. The lowest BCUT2D eigenvalue weighted by Crippen LogP contribution is -2.51. The van der Waals surface area contributed by atoms with Gasteiger partial charge in [0.25, 0.3) is 0 Å². The third-order valence-corrected chi connectivity index (χ3v) is 6.46.